The minimum atomic E-state index is -3.90. The number of rotatable bonds is 11. The third-order valence-electron chi connectivity index (χ3n) is 5.35. The molecule has 3 N–H and O–H groups in total. The van der Waals surface area contributed by atoms with Gasteiger partial charge in [0, 0.05) is 48.0 Å². The molecule has 0 radical (unpaired) electrons. The quantitative estimate of drug-likeness (QED) is 0.280. The van der Waals surface area contributed by atoms with E-state index in [0.29, 0.717) is 33.1 Å². The number of aliphatic hydroxyl groups is 1. The lowest BCUT2D eigenvalue weighted by molar-refractivity contribution is -0.119. The number of aromatic nitrogens is 1. The molecule has 2 aromatic carbocycles. The molecular weight excluding hydrogens is 538 g/mol. The van der Waals surface area contributed by atoms with Gasteiger partial charge in [0.2, 0.25) is 10.0 Å². The van der Waals surface area contributed by atoms with E-state index < -0.39 is 21.7 Å². The number of sulfonamides is 1. The molecule has 0 saturated carbocycles. The van der Waals surface area contributed by atoms with Crippen LogP contribution in [0.1, 0.15) is 53.0 Å². The van der Waals surface area contributed by atoms with Gasteiger partial charge in [0.1, 0.15) is 10.8 Å². The first kappa shape index (κ1) is 30.4. The molecule has 0 aliphatic heterocycles. The standard InChI is InChI=1S/C28H35N3O6S2/c1-18(2)37-27(34)30-21-10-8-20(9-11-21)26-29-17-24(38-26)23-13-7-19(6-12-22(33)14-15-32)16-25(23)39(35,36)31-28(3,4)5/h7-11,13,16-18,31-32H,6,12,14-15H2,1-5H3,(H,30,34). The normalized spacial score (nSPS) is 12.0. The summed E-state index contributed by atoms with van der Waals surface area (Å²) in [6.45, 7) is 8.65. The van der Waals surface area contributed by atoms with Gasteiger partial charge in [-0.15, -0.1) is 11.3 Å². The maximum atomic E-state index is 13.4. The van der Waals surface area contributed by atoms with Crippen LogP contribution >= 0.6 is 11.3 Å². The monoisotopic (exact) mass is 573 g/mol. The molecule has 210 valence electrons. The Kier molecular flexibility index (Phi) is 10.0. The fourth-order valence-corrected chi connectivity index (χ4v) is 6.45. The fourth-order valence-electron chi connectivity index (χ4n) is 3.73. The van der Waals surface area contributed by atoms with Crippen molar-refractivity contribution in [2.75, 3.05) is 11.9 Å². The van der Waals surface area contributed by atoms with Crippen molar-refractivity contribution in [3.8, 4) is 21.0 Å². The van der Waals surface area contributed by atoms with Gasteiger partial charge in [-0.05, 0) is 76.9 Å². The Morgan fingerprint density at radius 2 is 1.77 bits per heavy atom. The molecule has 39 heavy (non-hydrogen) atoms. The molecule has 1 aromatic heterocycles. The minimum Gasteiger partial charge on any atom is -0.447 e. The first-order valence-corrected chi connectivity index (χ1v) is 14.9. The number of thiazole rings is 1. The van der Waals surface area contributed by atoms with Crippen LogP contribution in [-0.4, -0.2) is 48.6 Å². The summed E-state index contributed by atoms with van der Waals surface area (Å²) in [7, 11) is -3.90. The highest BCUT2D eigenvalue weighted by Crippen LogP contribution is 2.36. The van der Waals surface area contributed by atoms with Crippen molar-refractivity contribution in [2.45, 2.75) is 70.4 Å². The molecule has 0 aliphatic rings. The lowest BCUT2D eigenvalue weighted by Gasteiger charge is -2.22. The number of nitrogens with one attached hydrogen (secondary N) is 2. The van der Waals surface area contributed by atoms with Gasteiger partial charge in [0.25, 0.3) is 0 Å². The van der Waals surface area contributed by atoms with Gasteiger partial charge in [0.05, 0.1) is 15.9 Å². The second kappa shape index (κ2) is 12.8. The Balaban J connectivity index is 1.91. The van der Waals surface area contributed by atoms with Gasteiger partial charge in [-0.1, -0.05) is 12.1 Å². The van der Waals surface area contributed by atoms with Gasteiger partial charge in [-0.25, -0.2) is 22.9 Å². The highest BCUT2D eigenvalue weighted by molar-refractivity contribution is 7.89. The minimum absolute atomic E-state index is 0.0797. The number of ketones is 1. The molecule has 0 saturated heterocycles. The Labute approximate surface area is 233 Å². The molecule has 11 heteroatoms. The average molecular weight is 574 g/mol. The number of ether oxygens (including phenoxy) is 1. The summed E-state index contributed by atoms with van der Waals surface area (Å²) in [4.78, 5) is 29.0. The molecule has 3 aromatic rings. The Hall–Kier alpha value is -3.12. The lowest BCUT2D eigenvalue weighted by atomic mass is 10.0. The van der Waals surface area contributed by atoms with Crippen LogP contribution in [0, 0.1) is 0 Å². The third-order valence-corrected chi connectivity index (χ3v) is 8.23. The van der Waals surface area contributed by atoms with Crippen LogP contribution in [0.4, 0.5) is 10.5 Å². The molecule has 1 heterocycles. The summed E-state index contributed by atoms with van der Waals surface area (Å²) in [5.74, 6) is -0.0797. The molecule has 9 nitrogen and oxygen atoms in total. The van der Waals surface area contributed by atoms with Crippen molar-refractivity contribution in [2.24, 2.45) is 0 Å². The Bertz CT molecular complexity index is 1410. The zero-order valence-corrected chi connectivity index (χ0v) is 24.4. The molecule has 1 amide bonds. The second-order valence-corrected chi connectivity index (χ2v) is 13.1. The third kappa shape index (κ3) is 8.96. The Morgan fingerprint density at radius 3 is 2.38 bits per heavy atom. The molecule has 0 unspecified atom stereocenters. The summed E-state index contributed by atoms with van der Waals surface area (Å²) in [5.41, 5.74) is 1.92. The molecule has 3 rings (SSSR count). The molecule has 0 spiro atoms. The van der Waals surface area contributed by atoms with Gasteiger partial charge < -0.3 is 9.84 Å². The number of hydrogen-bond acceptors (Lipinski definition) is 8. The highest BCUT2D eigenvalue weighted by Gasteiger charge is 2.26. The summed E-state index contributed by atoms with van der Waals surface area (Å²) in [6, 6.07) is 12.3. The lowest BCUT2D eigenvalue weighted by Crippen LogP contribution is -2.40. The van der Waals surface area contributed by atoms with Crippen molar-refractivity contribution in [3.63, 3.8) is 0 Å². The Morgan fingerprint density at radius 1 is 1.08 bits per heavy atom. The highest BCUT2D eigenvalue weighted by atomic mass is 32.2. The topological polar surface area (TPSA) is 135 Å². The number of aryl methyl sites for hydroxylation is 1. The number of benzene rings is 2. The number of aliphatic hydroxyl groups excluding tert-OH is 1. The van der Waals surface area contributed by atoms with Crippen LogP contribution < -0.4 is 10.0 Å². The number of carbonyl (C=O) groups is 2. The van der Waals surface area contributed by atoms with Crippen LogP contribution in [0.2, 0.25) is 0 Å². The summed E-state index contributed by atoms with van der Waals surface area (Å²) in [5, 5.41) is 12.3. The SMILES string of the molecule is CC(C)OC(=O)Nc1ccc(-c2ncc(-c3ccc(CCC(=O)CCO)cc3S(=O)(=O)NC(C)(C)C)s2)cc1. The molecule has 0 atom stereocenters. The van der Waals surface area contributed by atoms with E-state index in [-0.39, 0.29) is 36.2 Å². The van der Waals surface area contributed by atoms with Crippen LogP contribution in [0.3, 0.4) is 0 Å². The van der Waals surface area contributed by atoms with E-state index in [2.05, 4.69) is 15.0 Å². The maximum Gasteiger partial charge on any atom is 0.411 e. The van der Waals surface area contributed by atoms with E-state index in [9.17, 15) is 18.0 Å². The van der Waals surface area contributed by atoms with E-state index in [0.717, 1.165) is 5.56 Å². The summed E-state index contributed by atoms with van der Waals surface area (Å²) < 4.78 is 34.7. The maximum absolute atomic E-state index is 13.4. The zero-order valence-electron chi connectivity index (χ0n) is 22.8. The zero-order chi connectivity index (χ0) is 28.8. The summed E-state index contributed by atoms with van der Waals surface area (Å²) >= 11 is 1.35. The van der Waals surface area contributed by atoms with Crippen LogP contribution in [0.25, 0.3) is 21.0 Å². The first-order chi connectivity index (χ1) is 18.3. The predicted octanol–water partition coefficient (Wildman–Crippen LogP) is 5.39. The number of hydrogen-bond donors (Lipinski definition) is 3. The molecular formula is C28H35N3O6S2. The number of amides is 1. The van der Waals surface area contributed by atoms with Crippen LogP contribution in [0.15, 0.2) is 53.6 Å². The van der Waals surface area contributed by atoms with E-state index in [1.165, 1.54) is 11.3 Å². The van der Waals surface area contributed by atoms with Crippen LogP contribution in [-0.2, 0) is 26.0 Å². The molecule has 0 fully saturated rings. The number of carbonyl (C=O) groups excluding carboxylic acids is 2. The van der Waals surface area contributed by atoms with Gasteiger partial charge in [-0.2, -0.15) is 0 Å². The van der Waals surface area contributed by atoms with Crippen molar-refractivity contribution < 1.29 is 27.9 Å². The van der Waals surface area contributed by atoms with E-state index in [1.54, 1.807) is 65.1 Å². The van der Waals surface area contributed by atoms with Crippen LogP contribution in [0.5, 0.6) is 0 Å². The van der Waals surface area contributed by atoms with E-state index in [4.69, 9.17) is 9.84 Å². The van der Waals surface area contributed by atoms with Crippen molar-refractivity contribution in [1.29, 1.82) is 0 Å². The molecule has 0 aliphatic carbocycles. The smallest absolute Gasteiger partial charge is 0.411 e. The van der Waals surface area contributed by atoms with Crippen molar-refractivity contribution in [1.82, 2.24) is 9.71 Å². The predicted molar refractivity (Wildman–Crippen MR) is 153 cm³/mol. The number of anilines is 1. The molecule has 0 bridgehead atoms. The van der Waals surface area contributed by atoms with Crippen molar-refractivity contribution >= 4 is 38.9 Å². The van der Waals surface area contributed by atoms with E-state index >= 15 is 0 Å². The summed E-state index contributed by atoms with van der Waals surface area (Å²) in [6.07, 6.45) is 1.55. The van der Waals surface area contributed by atoms with Gasteiger partial charge >= 0.3 is 6.09 Å². The first-order valence-electron chi connectivity index (χ1n) is 12.6. The van der Waals surface area contributed by atoms with E-state index in [1.807, 2.05) is 18.2 Å². The number of Topliss-reactive ketones (excluding diaryl/α,β-unsaturated/α-hetero) is 1. The largest absolute Gasteiger partial charge is 0.447 e. The second-order valence-electron chi connectivity index (χ2n) is 10.4. The van der Waals surface area contributed by atoms with Gasteiger partial charge in [-0.3, -0.25) is 10.1 Å². The average Bonchev–Trinajstić information content (AvgIpc) is 3.31. The van der Waals surface area contributed by atoms with Gasteiger partial charge in [0.15, 0.2) is 0 Å². The number of nitrogens with zero attached hydrogens (tertiary/aromatic N) is 1. The fraction of sp³-hybridized carbons (Fsp3) is 0.393. The van der Waals surface area contributed by atoms with Crippen molar-refractivity contribution in [3.05, 3.63) is 54.2 Å².